The molecule has 0 saturated carbocycles. The van der Waals surface area contributed by atoms with Crippen LogP contribution in [0.3, 0.4) is 0 Å². The van der Waals surface area contributed by atoms with Gasteiger partial charge in [-0.05, 0) is 60.5 Å². The van der Waals surface area contributed by atoms with Crippen LogP contribution in [0, 0.1) is 0 Å². The van der Waals surface area contributed by atoms with Crippen LogP contribution in [0.4, 0.5) is 24.5 Å². The van der Waals surface area contributed by atoms with Crippen LogP contribution in [0.25, 0.3) is 0 Å². The first-order valence-electron chi connectivity index (χ1n) is 11.3. The minimum atomic E-state index is -4.47. The van der Waals surface area contributed by atoms with Crippen LogP contribution in [-0.2, 0) is 22.2 Å². The summed E-state index contributed by atoms with van der Waals surface area (Å²) in [6, 6.07) is 19.2. The van der Waals surface area contributed by atoms with Gasteiger partial charge in [0.15, 0.2) is 5.78 Å². The number of alkyl halides is 3. The number of Topliss-reactive ketones (excluding diaryl/α,β-unsaturated/α-hetero) is 1. The smallest absolute Gasteiger partial charge is 0.416 e. The summed E-state index contributed by atoms with van der Waals surface area (Å²) in [5.74, 6) is -1.57. The van der Waals surface area contributed by atoms with Gasteiger partial charge in [0.05, 0.1) is 5.56 Å². The number of nitrogens with one attached hydrogen (secondary N) is 2. The fourth-order valence-electron chi connectivity index (χ4n) is 3.53. The van der Waals surface area contributed by atoms with E-state index in [4.69, 9.17) is 5.11 Å². The second kappa shape index (κ2) is 12.0. The maximum absolute atomic E-state index is 13.1. The van der Waals surface area contributed by atoms with E-state index < -0.39 is 29.7 Å². The number of halogens is 3. The first-order valence-corrected chi connectivity index (χ1v) is 11.3. The molecule has 9 heteroatoms. The molecule has 3 aromatic rings. The molecular formula is C27H25F3N2O4. The third-order valence-corrected chi connectivity index (χ3v) is 5.42. The fourth-order valence-corrected chi connectivity index (χ4v) is 3.53. The maximum atomic E-state index is 13.1. The Morgan fingerprint density at radius 1 is 0.806 bits per heavy atom. The number of carboxylic acid groups (broad SMARTS) is 1. The molecule has 0 aliphatic carbocycles. The van der Waals surface area contributed by atoms with Gasteiger partial charge in [-0.15, -0.1) is 0 Å². The van der Waals surface area contributed by atoms with Gasteiger partial charge in [0.2, 0.25) is 5.91 Å². The van der Waals surface area contributed by atoms with Crippen molar-refractivity contribution in [3.8, 4) is 0 Å². The predicted molar refractivity (Wildman–Crippen MR) is 130 cm³/mol. The van der Waals surface area contributed by atoms with E-state index >= 15 is 0 Å². The second-order valence-electron chi connectivity index (χ2n) is 8.20. The van der Waals surface area contributed by atoms with Gasteiger partial charge >= 0.3 is 12.1 Å². The van der Waals surface area contributed by atoms with Gasteiger partial charge in [-0.3, -0.25) is 14.4 Å². The van der Waals surface area contributed by atoms with Crippen molar-refractivity contribution < 1.29 is 32.7 Å². The highest BCUT2D eigenvalue weighted by atomic mass is 19.4. The molecule has 6 nitrogen and oxygen atoms in total. The number of carboxylic acids is 1. The third-order valence-electron chi connectivity index (χ3n) is 5.42. The SMILES string of the molecule is O=C(O)CCCC(=O)c1ccc(N[C@H](Cc2ccccc2)C(=O)Nc2ccc(C(F)(F)F)cc2)cc1. The zero-order valence-corrected chi connectivity index (χ0v) is 19.2. The predicted octanol–water partition coefficient (Wildman–Crippen LogP) is 5.80. The van der Waals surface area contributed by atoms with Gasteiger partial charge in [-0.25, -0.2) is 0 Å². The summed E-state index contributed by atoms with van der Waals surface area (Å²) < 4.78 is 38.5. The molecule has 3 rings (SSSR count). The summed E-state index contributed by atoms with van der Waals surface area (Å²) >= 11 is 0. The van der Waals surface area contributed by atoms with E-state index in [2.05, 4.69) is 10.6 Å². The molecule has 0 heterocycles. The Kier molecular flexibility index (Phi) is 8.83. The average molecular weight is 499 g/mol. The van der Waals surface area contributed by atoms with E-state index in [-0.39, 0.29) is 30.7 Å². The van der Waals surface area contributed by atoms with Crippen LogP contribution in [0.5, 0.6) is 0 Å². The number of amides is 1. The zero-order chi connectivity index (χ0) is 26.1. The van der Waals surface area contributed by atoms with Crippen molar-refractivity contribution in [2.24, 2.45) is 0 Å². The van der Waals surface area contributed by atoms with Crippen LogP contribution in [0.1, 0.15) is 40.7 Å². The Morgan fingerprint density at radius 3 is 2.00 bits per heavy atom. The molecule has 0 bridgehead atoms. The quantitative estimate of drug-likeness (QED) is 0.290. The Labute approximate surface area is 206 Å². The number of hydrogen-bond donors (Lipinski definition) is 3. The normalized spacial score (nSPS) is 12.0. The zero-order valence-electron chi connectivity index (χ0n) is 19.2. The fraction of sp³-hybridized carbons (Fsp3) is 0.222. The number of carbonyl (C=O) groups excluding carboxylic acids is 2. The number of rotatable bonds is 11. The number of hydrogen-bond acceptors (Lipinski definition) is 4. The number of carbonyl (C=O) groups is 3. The number of ketones is 1. The van der Waals surface area contributed by atoms with E-state index in [1.807, 2.05) is 30.3 Å². The molecule has 36 heavy (non-hydrogen) atoms. The van der Waals surface area contributed by atoms with Gasteiger partial charge in [0.1, 0.15) is 6.04 Å². The molecule has 0 aliphatic rings. The van der Waals surface area contributed by atoms with Crippen LogP contribution in [-0.4, -0.2) is 28.8 Å². The molecule has 3 aromatic carbocycles. The Hall–Kier alpha value is -4.14. The molecule has 3 N–H and O–H groups in total. The largest absolute Gasteiger partial charge is 0.481 e. The molecule has 0 aliphatic heterocycles. The highest BCUT2D eigenvalue weighted by Gasteiger charge is 2.30. The highest BCUT2D eigenvalue weighted by Crippen LogP contribution is 2.30. The summed E-state index contributed by atoms with van der Waals surface area (Å²) in [6.45, 7) is 0. The number of aliphatic carboxylic acids is 1. The first-order chi connectivity index (χ1) is 17.1. The van der Waals surface area contributed by atoms with Crippen molar-refractivity contribution in [3.05, 3.63) is 95.6 Å². The van der Waals surface area contributed by atoms with Crippen molar-refractivity contribution >= 4 is 29.0 Å². The van der Waals surface area contributed by atoms with Crippen LogP contribution in [0.15, 0.2) is 78.9 Å². The van der Waals surface area contributed by atoms with E-state index in [0.29, 0.717) is 17.7 Å². The molecule has 0 spiro atoms. The standard InChI is InChI=1S/C27H25F3N2O4/c28-27(29,30)20-11-15-22(16-12-20)32-26(36)23(17-18-5-2-1-3-6-18)31-21-13-9-19(10-14-21)24(33)7-4-8-25(34)35/h1-3,5-6,9-16,23,31H,4,7-8,17H2,(H,32,36)(H,34,35)/t23-/m1/s1. The van der Waals surface area contributed by atoms with Gasteiger partial charge in [0.25, 0.3) is 0 Å². The summed E-state index contributed by atoms with van der Waals surface area (Å²) in [6.07, 6.45) is -3.88. The third kappa shape index (κ3) is 7.97. The molecule has 1 atom stereocenters. The lowest BCUT2D eigenvalue weighted by Crippen LogP contribution is -2.36. The van der Waals surface area contributed by atoms with E-state index in [1.54, 1.807) is 24.3 Å². The lowest BCUT2D eigenvalue weighted by molar-refractivity contribution is -0.138. The second-order valence-corrected chi connectivity index (χ2v) is 8.20. The lowest BCUT2D eigenvalue weighted by atomic mass is 10.0. The minimum absolute atomic E-state index is 0.0827. The van der Waals surface area contributed by atoms with Gasteiger partial charge in [-0.1, -0.05) is 30.3 Å². The van der Waals surface area contributed by atoms with E-state index in [1.165, 1.54) is 12.1 Å². The maximum Gasteiger partial charge on any atom is 0.416 e. The molecule has 0 fully saturated rings. The molecule has 0 radical (unpaired) electrons. The average Bonchev–Trinajstić information content (AvgIpc) is 2.84. The topological polar surface area (TPSA) is 95.5 Å². The van der Waals surface area contributed by atoms with Gasteiger partial charge < -0.3 is 15.7 Å². The van der Waals surface area contributed by atoms with E-state index in [0.717, 1.165) is 17.7 Å². The summed E-state index contributed by atoms with van der Waals surface area (Å²) in [4.78, 5) is 35.9. The number of anilines is 2. The number of benzene rings is 3. The van der Waals surface area contributed by atoms with Crippen molar-refractivity contribution in [1.82, 2.24) is 0 Å². The summed E-state index contributed by atoms with van der Waals surface area (Å²) in [5, 5.41) is 14.5. The summed E-state index contributed by atoms with van der Waals surface area (Å²) in [7, 11) is 0. The monoisotopic (exact) mass is 498 g/mol. The highest BCUT2D eigenvalue weighted by molar-refractivity contribution is 5.98. The van der Waals surface area contributed by atoms with Crippen molar-refractivity contribution in [3.63, 3.8) is 0 Å². The molecule has 0 saturated heterocycles. The van der Waals surface area contributed by atoms with Crippen molar-refractivity contribution in [1.29, 1.82) is 0 Å². The molecule has 188 valence electrons. The lowest BCUT2D eigenvalue weighted by Gasteiger charge is -2.20. The minimum Gasteiger partial charge on any atom is -0.481 e. The Balaban J connectivity index is 1.71. The Morgan fingerprint density at radius 2 is 1.42 bits per heavy atom. The van der Waals surface area contributed by atoms with Crippen molar-refractivity contribution in [2.45, 2.75) is 37.9 Å². The molecule has 0 unspecified atom stereocenters. The van der Waals surface area contributed by atoms with Gasteiger partial charge in [0, 0.05) is 36.2 Å². The van der Waals surface area contributed by atoms with Crippen molar-refractivity contribution in [2.75, 3.05) is 10.6 Å². The summed E-state index contributed by atoms with van der Waals surface area (Å²) in [5.41, 5.74) is 1.30. The van der Waals surface area contributed by atoms with E-state index in [9.17, 15) is 27.6 Å². The van der Waals surface area contributed by atoms with Crippen LogP contribution >= 0.6 is 0 Å². The molecular weight excluding hydrogens is 473 g/mol. The first kappa shape index (κ1) is 26.5. The van der Waals surface area contributed by atoms with Gasteiger partial charge in [-0.2, -0.15) is 13.2 Å². The van der Waals surface area contributed by atoms with Crippen LogP contribution < -0.4 is 10.6 Å². The molecule has 0 aromatic heterocycles. The van der Waals surface area contributed by atoms with Crippen LogP contribution in [0.2, 0.25) is 0 Å². The Bertz CT molecular complexity index is 1180. The molecule has 1 amide bonds.